The molecular formula is C15H27NO3. The summed E-state index contributed by atoms with van der Waals surface area (Å²) in [5, 5.41) is 12.4. The van der Waals surface area contributed by atoms with Gasteiger partial charge in [0.25, 0.3) is 0 Å². The molecule has 1 heterocycles. The van der Waals surface area contributed by atoms with Crippen LogP contribution in [0.5, 0.6) is 0 Å². The Labute approximate surface area is 116 Å². The second-order valence-electron chi connectivity index (χ2n) is 5.70. The van der Waals surface area contributed by atoms with Crippen LogP contribution < -0.4 is 5.32 Å². The summed E-state index contributed by atoms with van der Waals surface area (Å²) in [5.41, 5.74) is -0.181. The molecular weight excluding hydrogens is 242 g/mol. The number of carboxylic acid groups (broad SMARTS) is 1. The van der Waals surface area contributed by atoms with Crippen LogP contribution >= 0.6 is 0 Å². The summed E-state index contributed by atoms with van der Waals surface area (Å²) in [4.78, 5) is 11.1. The van der Waals surface area contributed by atoms with E-state index in [9.17, 15) is 4.79 Å². The first kappa shape index (κ1) is 16.2. The van der Waals surface area contributed by atoms with E-state index in [0.717, 1.165) is 19.3 Å². The van der Waals surface area contributed by atoms with Crippen LogP contribution in [0.15, 0.2) is 12.2 Å². The molecule has 1 saturated heterocycles. The van der Waals surface area contributed by atoms with Gasteiger partial charge in [-0.25, -0.2) is 0 Å². The lowest BCUT2D eigenvalue weighted by Crippen LogP contribution is -2.42. The molecule has 19 heavy (non-hydrogen) atoms. The highest BCUT2D eigenvalue weighted by molar-refractivity contribution is 5.74. The smallest absolute Gasteiger partial charge is 0.320 e. The molecule has 0 bridgehead atoms. The van der Waals surface area contributed by atoms with Gasteiger partial charge in [-0.3, -0.25) is 4.79 Å². The second-order valence-corrected chi connectivity index (χ2v) is 5.70. The molecule has 0 aliphatic carbocycles. The van der Waals surface area contributed by atoms with Gasteiger partial charge in [0.1, 0.15) is 6.04 Å². The van der Waals surface area contributed by atoms with Gasteiger partial charge in [0.15, 0.2) is 0 Å². The van der Waals surface area contributed by atoms with E-state index in [1.165, 1.54) is 0 Å². The van der Waals surface area contributed by atoms with Gasteiger partial charge in [-0.05, 0) is 39.0 Å². The Morgan fingerprint density at radius 2 is 2.26 bits per heavy atom. The van der Waals surface area contributed by atoms with E-state index in [0.29, 0.717) is 6.42 Å². The molecule has 4 nitrogen and oxygen atoms in total. The zero-order chi connectivity index (χ0) is 14.5. The van der Waals surface area contributed by atoms with Gasteiger partial charge in [0, 0.05) is 13.2 Å². The lowest BCUT2D eigenvalue weighted by atomic mass is 9.86. The maximum Gasteiger partial charge on any atom is 0.320 e. The molecule has 0 spiro atoms. The highest BCUT2D eigenvalue weighted by Gasteiger charge is 2.39. The summed E-state index contributed by atoms with van der Waals surface area (Å²) in [5.74, 6) is -0.482. The average molecular weight is 269 g/mol. The fourth-order valence-electron chi connectivity index (χ4n) is 3.01. The van der Waals surface area contributed by atoms with Gasteiger partial charge in [0.05, 0.1) is 5.60 Å². The predicted octanol–water partition coefficient (Wildman–Crippen LogP) is 2.59. The third kappa shape index (κ3) is 4.32. The van der Waals surface area contributed by atoms with Crippen molar-refractivity contribution >= 4 is 5.97 Å². The molecule has 0 radical (unpaired) electrons. The van der Waals surface area contributed by atoms with E-state index in [1.54, 1.807) is 7.11 Å². The minimum atomic E-state index is -0.758. The molecule has 4 atom stereocenters. The highest BCUT2D eigenvalue weighted by atomic mass is 16.5. The number of allylic oxidation sites excluding steroid dienone is 1. The number of hydrogen-bond acceptors (Lipinski definition) is 3. The SMILES string of the molecule is C/C=C\[C@@H]1C[C@H](C(=O)O)N[C@H]1CC(C)(CCC)OC. The van der Waals surface area contributed by atoms with E-state index in [4.69, 9.17) is 9.84 Å². The van der Waals surface area contributed by atoms with Crippen molar-refractivity contribution < 1.29 is 14.6 Å². The first-order valence-corrected chi connectivity index (χ1v) is 7.12. The van der Waals surface area contributed by atoms with Gasteiger partial charge >= 0.3 is 5.97 Å². The number of aliphatic carboxylic acids is 1. The Morgan fingerprint density at radius 3 is 2.74 bits per heavy atom. The number of methoxy groups -OCH3 is 1. The molecule has 4 heteroatoms. The molecule has 2 N–H and O–H groups in total. The summed E-state index contributed by atoms with van der Waals surface area (Å²) in [7, 11) is 1.74. The maximum atomic E-state index is 11.1. The number of hydrogen-bond donors (Lipinski definition) is 2. The van der Waals surface area contributed by atoms with Crippen LogP contribution in [0, 0.1) is 5.92 Å². The van der Waals surface area contributed by atoms with Gasteiger partial charge in [0.2, 0.25) is 0 Å². The fraction of sp³-hybridized carbons (Fsp3) is 0.800. The van der Waals surface area contributed by atoms with Crippen molar-refractivity contribution in [1.82, 2.24) is 5.32 Å². The minimum Gasteiger partial charge on any atom is -0.480 e. The first-order chi connectivity index (χ1) is 8.95. The first-order valence-electron chi connectivity index (χ1n) is 7.12. The summed E-state index contributed by atoms with van der Waals surface area (Å²) in [6, 6.07) is -0.261. The van der Waals surface area contributed by atoms with Gasteiger partial charge in [-0.15, -0.1) is 0 Å². The molecule has 0 aromatic heterocycles. The van der Waals surface area contributed by atoms with Crippen molar-refractivity contribution in [2.75, 3.05) is 7.11 Å². The van der Waals surface area contributed by atoms with Crippen molar-refractivity contribution in [2.45, 2.75) is 64.1 Å². The molecule has 1 rings (SSSR count). The van der Waals surface area contributed by atoms with E-state index in [-0.39, 0.29) is 17.6 Å². The largest absolute Gasteiger partial charge is 0.480 e. The molecule has 0 aromatic rings. The Bertz CT molecular complexity index is 329. The van der Waals surface area contributed by atoms with Crippen molar-refractivity contribution in [1.29, 1.82) is 0 Å². The van der Waals surface area contributed by atoms with E-state index < -0.39 is 12.0 Å². The number of nitrogens with one attached hydrogen (secondary N) is 1. The zero-order valence-electron chi connectivity index (χ0n) is 12.5. The van der Waals surface area contributed by atoms with Gasteiger partial charge in [-0.1, -0.05) is 25.5 Å². The Kier molecular flexibility index (Phi) is 6.01. The highest BCUT2D eigenvalue weighted by Crippen LogP contribution is 2.31. The Hall–Kier alpha value is -0.870. The van der Waals surface area contributed by atoms with Crippen LogP contribution in [0.3, 0.4) is 0 Å². The lowest BCUT2D eigenvalue weighted by molar-refractivity contribution is -0.139. The van der Waals surface area contributed by atoms with Crippen molar-refractivity contribution in [3.63, 3.8) is 0 Å². The average Bonchev–Trinajstić information content (AvgIpc) is 2.73. The molecule has 0 amide bonds. The summed E-state index contributed by atoms with van der Waals surface area (Å²) < 4.78 is 5.65. The quantitative estimate of drug-likeness (QED) is 0.697. The predicted molar refractivity (Wildman–Crippen MR) is 76.2 cm³/mol. The van der Waals surface area contributed by atoms with E-state index in [2.05, 4.69) is 25.2 Å². The lowest BCUT2D eigenvalue weighted by Gasteiger charge is -2.32. The number of carbonyl (C=O) groups is 1. The van der Waals surface area contributed by atoms with Crippen LogP contribution in [0.25, 0.3) is 0 Å². The fourth-order valence-corrected chi connectivity index (χ4v) is 3.01. The molecule has 1 aliphatic rings. The molecule has 1 unspecified atom stereocenters. The van der Waals surface area contributed by atoms with Crippen LogP contribution in [-0.4, -0.2) is 35.9 Å². The van der Waals surface area contributed by atoms with E-state index >= 15 is 0 Å². The third-order valence-electron chi connectivity index (χ3n) is 4.10. The maximum absolute atomic E-state index is 11.1. The molecule has 110 valence electrons. The molecule has 1 fully saturated rings. The number of ether oxygens (including phenoxy) is 1. The summed E-state index contributed by atoms with van der Waals surface area (Å²) in [6.45, 7) is 6.23. The van der Waals surface area contributed by atoms with Crippen LogP contribution in [0.2, 0.25) is 0 Å². The molecule has 1 aliphatic heterocycles. The summed E-state index contributed by atoms with van der Waals surface area (Å²) in [6.07, 6.45) is 7.68. The van der Waals surface area contributed by atoms with Crippen molar-refractivity contribution in [3.8, 4) is 0 Å². The molecule has 0 saturated carbocycles. The monoisotopic (exact) mass is 269 g/mol. The Balaban J connectivity index is 2.75. The number of carboxylic acids is 1. The minimum absolute atomic E-state index is 0.175. The van der Waals surface area contributed by atoms with Crippen LogP contribution in [0.1, 0.15) is 46.5 Å². The number of rotatable bonds is 7. The topological polar surface area (TPSA) is 58.6 Å². The second kappa shape index (κ2) is 7.06. The van der Waals surface area contributed by atoms with E-state index in [1.807, 2.05) is 13.0 Å². The van der Waals surface area contributed by atoms with Crippen LogP contribution in [-0.2, 0) is 9.53 Å². The zero-order valence-corrected chi connectivity index (χ0v) is 12.5. The van der Waals surface area contributed by atoms with Crippen LogP contribution in [0.4, 0.5) is 0 Å². The standard InChI is InChI=1S/C15H27NO3/c1-5-7-11-9-12(14(17)18)16-13(11)10-15(3,19-4)8-6-2/h5,7,11-13,16H,6,8-10H2,1-4H3,(H,17,18)/b7-5-/t11-,12-,13+,15?/m1/s1. The van der Waals surface area contributed by atoms with Gasteiger partial charge < -0.3 is 15.2 Å². The van der Waals surface area contributed by atoms with Crippen molar-refractivity contribution in [3.05, 3.63) is 12.2 Å². The Morgan fingerprint density at radius 1 is 1.58 bits per heavy atom. The normalized spacial score (nSPS) is 30.6. The summed E-state index contributed by atoms with van der Waals surface area (Å²) >= 11 is 0. The van der Waals surface area contributed by atoms with Gasteiger partial charge in [-0.2, -0.15) is 0 Å². The van der Waals surface area contributed by atoms with Crippen molar-refractivity contribution in [2.24, 2.45) is 5.92 Å². The third-order valence-corrected chi connectivity index (χ3v) is 4.10. The molecule has 0 aromatic carbocycles.